The first-order valence-electron chi connectivity index (χ1n) is 0.629. The maximum atomic E-state index is 4.95. The molecular formula is HBIPS. The van der Waals surface area contributed by atoms with Crippen molar-refractivity contribution in [3.63, 3.8) is 0 Å². The Kier molecular flexibility index (Phi) is 6.38. The molecule has 0 amide bonds. The fraction of sp³-hybridized carbons (Fsp3) is 0. The van der Waals surface area contributed by atoms with Crippen LogP contribution in [0.2, 0.25) is 0 Å². The van der Waals surface area contributed by atoms with Gasteiger partial charge in [-0.3, -0.25) is 0 Å². The molecule has 0 N–H and O–H groups in total. The molecule has 0 aliphatic rings. The summed E-state index contributed by atoms with van der Waals surface area (Å²) in [6.45, 7) is 0. The quantitative estimate of drug-likeness (QED) is 0.354. The van der Waals surface area contributed by atoms with Crippen LogP contribution in [0.25, 0.3) is 0 Å². The molecule has 0 aliphatic carbocycles. The van der Waals surface area contributed by atoms with Gasteiger partial charge in [-0.2, -0.15) is 11.2 Å². The van der Waals surface area contributed by atoms with Gasteiger partial charge < -0.3 is 0 Å². The van der Waals surface area contributed by atoms with Crippen molar-refractivity contribution >= 4 is 45.8 Å². The SMILES string of the molecule is [B]SPI. The molecule has 0 aromatic rings. The van der Waals surface area contributed by atoms with Crippen molar-refractivity contribution in [1.82, 2.24) is 0 Å². The Morgan fingerprint density at radius 1 is 2.00 bits per heavy atom. The molecule has 0 fully saturated rings. The standard InChI is InChI=1S/BHIPS/c1-4-3-2/h3H. The molecule has 0 saturated heterocycles. The van der Waals surface area contributed by atoms with E-state index in [1.807, 2.05) is 0 Å². The molecule has 0 nitrogen and oxygen atoms in total. The second-order valence-corrected chi connectivity index (χ2v) is 5.72. The monoisotopic (exact) mass is 202 g/mol. The minimum Gasteiger partial charge on any atom is -0.193 e. The summed E-state index contributed by atoms with van der Waals surface area (Å²) < 4.78 is 0. The van der Waals surface area contributed by atoms with E-state index in [0.29, 0.717) is 0 Å². The van der Waals surface area contributed by atoms with Crippen LogP contribution in [0, 0.1) is 0 Å². The third-order valence-electron chi connectivity index (χ3n) is 0.0445. The van der Waals surface area contributed by atoms with Crippen molar-refractivity contribution in [2.45, 2.75) is 0 Å². The topological polar surface area (TPSA) is 0 Å². The van der Waals surface area contributed by atoms with Crippen molar-refractivity contribution in [2.24, 2.45) is 0 Å². The van der Waals surface area contributed by atoms with Gasteiger partial charge in [0.25, 0.3) is 0 Å². The lowest BCUT2D eigenvalue weighted by Gasteiger charge is -1.68. The number of hydrogen-bond donors (Lipinski definition) is 0. The minimum atomic E-state index is 0.805. The third kappa shape index (κ3) is 3.57. The second-order valence-electron chi connectivity index (χ2n) is 0.195. The maximum absolute atomic E-state index is 4.95. The molecule has 0 aliphatic heterocycles. The number of hydrogen-bond acceptors (Lipinski definition) is 1. The van der Waals surface area contributed by atoms with Crippen LogP contribution in [-0.2, 0) is 0 Å². The highest BCUT2D eigenvalue weighted by Gasteiger charge is 1.57. The third-order valence-corrected chi connectivity index (χ3v) is 2.69. The largest absolute Gasteiger partial charge is 0.193 e. The molecule has 0 bridgehead atoms. The van der Waals surface area contributed by atoms with Gasteiger partial charge in [0.15, 0.2) is 7.12 Å². The summed E-state index contributed by atoms with van der Waals surface area (Å²) in [5, 5.41) is 0. The summed E-state index contributed by atoms with van der Waals surface area (Å²) in [4.78, 5) is 0. The average molecular weight is 202 g/mol. The summed E-state index contributed by atoms with van der Waals surface area (Å²) in [6.07, 6.45) is 0. The molecule has 0 aromatic heterocycles. The van der Waals surface area contributed by atoms with Gasteiger partial charge in [0.2, 0.25) is 0 Å². The van der Waals surface area contributed by atoms with E-state index in [0.717, 1.165) is 5.43 Å². The van der Waals surface area contributed by atoms with Crippen LogP contribution in [0.3, 0.4) is 0 Å². The number of halogens is 1. The molecule has 1 atom stereocenters. The average Bonchev–Trinajstić information content (AvgIpc) is 1.37. The Bertz CT molecular complexity index is 10.0. The lowest BCUT2D eigenvalue weighted by molar-refractivity contribution is 5.19. The molecule has 22 valence electrons. The van der Waals surface area contributed by atoms with Gasteiger partial charge in [-0.15, -0.1) is 0 Å². The van der Waals surface area contributed by atoms with Gasteiger partial charge >= 0.3 is 0 Å². The van der Waals surface area contributed by atoms with Crippen molar-refractivity contribution in [2.75, 3.05) is 0 Å². The van der Waals surface area contributed by atoms with Crippen molar-refractivity contribution in [3.8, 4) is 0 Å². The van der Waals surface area contributed by atoms with E-state index in [9.17, 15) is 0 Å². The van der Waals surface area contributed by atoms with E-state index in [2.05, 4.69) is 22.0 Å². The molecule has 4 heteroatoms. The lowest BCUT2D eigenvalue weighted by Crippen LogP contribution is -1.20. The van der Waals surface area contributed by atoms with Gasteiger partial charge in [0, 0.05) is 0 Å². The molecule has 1 unspecified atom stereocenters. The van der Waals surface area contributed by atoms with E-state index in [-0.39, 0.29) is 0 Å². The lowest BCUT2D eigenvalue weighted by atomic mass is 10.8. The fourth-order valence-corrected chi connectivity index (χ4v) is 0. The first-order chi connectivity index (χ1) is 1.91. The van der Waals surface area contributed by atoms with Crippen LogP contribution in [-0.4, -0.2) is 7.12 Å². The highest BCUT2D eigenvalue weighted by molar-refractivity contribution is 14.2. The van der Waals surface area contributed by atoms with Crippen LogP contribution in [0.4, 0.5) is 0 Å². The van der Waals surface area contributed by atoms with Crippen molar-refractivity contribution in [3.05, 3.63) is 0 Å². The summed E-state index contributed by atoms with van der Waals surface area (Å²) in [5.41, 5.74) is 0.805. The van der Waals surface area contributed by atoms with E-state index >= 15 is 0 Å². The minimum absolute atomic E-state index is 0.805. The smallest absolute Gasteiger partial charge is 0.168 e. The van der Waals surface area contributed by atoms with Crippen LogP contribution in [0.5, 0.6) is 0 Å². The Hall–Kier alpha value is 1.57. The first-order valence-corrected chi connectivity index (χ1v) is 6.35. The zero-order valence-electron chi connectivity index (χ0n) is 1.86. The summed E-state index contributed by atoms with van der Waals surface area (Å²) in [5.74, 6) is 0. The zero-order chi connectivity index (χ0) is 3.41. The molecule has 0 saturated carbocycles. The molecule has 0 spiro atoms. The van der Waals surface area contributed by atoms with Crippen LogP contribution in [0.15, 0.2) is 0 Å². The molecule has 4 heavy (non-hydrogen) atoms. The van der Waals surface area contributed by atoms with E-state index in [4.69, 9.17) is 7.12 Å². The Balaban J connectivity index is 1.97. The van der Waals surface area contributed by atoms with E-state index < -0.39 is 0 Å². The van der Waals surface area contributed by atoms with E-state index in [1.165, 1.54) is 11.2 Å². The van der Waals surface area contributed by atoms with Crippen LogP contribution in [0.1, 0.15) is 0 Å². The highest BCUT2D eigenvalue weighted by atomic mass is 127. The fourth-order valence-electron chi connectivity index (χ4n) is 0. The molecule has 0 heterocycles. The maximum Gasteiger partial charge on any atom is 0.168 e. The molecule has 0 rings (SSSR count). The van der Waals surface area contributed by atoms with Gasteiger partial charge in [-0.1, -0.05) is 0 Å². The Morgan fingerprint density at radius 3 is 2.25 bits per heavy atom. The Labute approximate surface area is 45.8 Å². The summed E-state index contributed by atoms with van der Waals surface area (Å²) >= 11 is 3.59. The number of rotatable bonds is 1. The normalized spacial score (nSPS) is 10.2. The Morgan fingerprint density at radius 2 is 2.25 bits per heavy atom. The molecule has 0 aromatic carbocycles. The van der Waals surface area contributed by atoms with Gasteiger partial charge in [-0.25, -0.2) is 0 Å². The summed E-state index contributed by atoms with van der Waals surface area (Å²) in [6, 6.07) is 0. The molecule has 2 radical (unpaired) electrons. The van der Waals surface area contributed by atoms with Crippen molar-refractivity contribution in [1.29, 1.82) is 0 Å². The first kappa shape index (κ1) is 5.57. The summed E-state index contributed by atoms with van der Waals surface area (Å²) in [7, 11) is 4.95. The zero-order valence-corrected chi connectivity index (χ0v) is 5.84. The van der Waals surface area contributed by atoms with Gasteiger partial charge in [-0.05, 0) is 27.5 Å². The van der Waals surface area contributed by atoms with Gasteiger partial charge in [0.1, 0.15) is 0 Å². The highest BCUT2D eigenvalue weighted by Crippen LogP contribution is 2.32. The second kappa shape index (κ2) is 4.57. The predicted molar refractivity (Wildman–Crippen MR) is 35.7 cm³/mol. The van der Waals surface area contributed by atoms with Crippen LogP contribution >= 0.6 is 38.7 Å². The van der Waals surface area contributed by atoms with Gasteiger partial charge in [0.05, 0.1) is 0 Å². The van der Waals surface area contributed by atoms with Crippen molar-refractivity contribution < 1.29 is 0 Å². The van der Waals surface area contributed by atoms with E-state index in [1.54, 1.807) is 0 Å². The van der Waals surface area contributed by atoms with Crippen LogP contribution < -0.4 is 0 Å². The predicted octanol–water partition coefficient (Wildman–Crippen LogP) is 1.75. The molecular weight excluding hydrogens is 201 g/mol.